The molecule has 0 radical (unpaired) electrons. The Bertz CT molecular complexity index is 691. The summed E-state index contributed by atoms with van der Waals surface area (Å²) < 4.78 is 5.42. The molecule has 2 atom stereocenters. The third-order valence-electron chi connectivity index (χ3n) is 4.56. The molecular weight excluding hydrogens is 300 g/mol. The van der Waals surface area contributed by atoms with Crippen LogP contribution in [0.25, 0.3) is 11.1 Å². The first-order valence-electron chi connectivity index (χ1n) is 8.46. The third-order valence-corrected chi connectivity index (χ3v) is 4.56. The molecule has 3 rings (SSSR count). The summed E-state index contributed by atoms with van der Waals surface area (Å²) >= 11 is 0. The van der Waals surface area contributed by atoms with Gasteiger partial charge in [0.2, 0.25) is 5.91 Å². The Morgan fingerprint density at radius 2 is 1.96 bits per heavy atom. The normalized spacial score (nSPS) is 18.2. The number of nitrogens with one attached hydrogen (secondary N) is 2. The number of amides is 1. The SMILES string of the molecule is COc1ccccc1-c1ccc(C(C)NC(=O)C2CCCN2)cc1. The van der Waals surface area contributed by atoms with Gasteiger partial charge >= 0.3 is 0 Å². The van der Waals surface area contributed by atoms with E-state index in [1.54, 1.807) is 7.11 Å². The van der Waals surface area contributed by atoms with E-state index in [0.29, 0.717) is 0 Å². The topological polar surface area (TPSA) is 50.4 Å². The fourth-order valence-electron chi connectivity index (χ4n) is 3.14. The molecule has 1 aliphatic heterocycles. The van der Waals surface area contributed by atoms with E-state index in [-0.39, 0.29) is 18.0 Å². The highest BCUT2D eigenvalue weighted by atomic mass is 16.5. The Hall–Kier alpha value is -2.33. The molecule has 1 saturated heterocycles. The van der Waals surface area contributed by atoms with Crippen LogP contribution in [0.3, 0.4) is 0 Å². The fraction of sp³-hybridized carbons (Fsp3) is 0.350. The summed E-state index contributed by atoms with van der Waals surface area (Å²) in [7, 11) is 1.68. The van der Waals surface area contributed by atoms with Crippen LogP contribution in [0.4, 0.5) is 0 Å². The van der Waals surface area contributed by atoms with Gasteiger partial charge < -0.3 is 15.4 Å². The van der Waals surface area contributed by atoms with Crippen LogP contribution in [-0.2, 0) is 4.79 Å². The lowest BCUT2D eigenvalue weighted by Crippen LogP contribution is -2.41. The quantitative estimate of drug-likeness (QED) is 0.887. The van der Waals surface area contributed by atoms with Gasteiger partial charge in [-0.25, -0.2) is 0 Å². The van der Waals surface area contributed by atoms with Crippen molar-refractivity contribution in [2.75, 3.05) is 13.7 Å². The summed E-state index contributed by atoms with van der Waals surface area (Å²) in [6.45, 7) is 2.95. The Labute approximate surface area is 143 Å². The molecule has 1 amide bonds. The van der Waals surface area contributed by atoms with E-state index < -0.39 is 0 Å². The highest BCUT2D eigenvalue weighted by molar-refractivity contribution is 5.82. The Kier molecular flexibility index (Phi) is 5.16. The molecule has 0 aromatic heterocycles. The molecule has 0 aliphatic carbocycles. The van der Waals surface area contributed by atoms with Gasteiger partial charge in [-0.1, -0.05) is 42.5 Å². The van der Waals surface area contributed by atoms with Crippen molar-refractivity contribution < 1.29 is 9.53 Å². The highest BCUT2D eigenvalue weighted by Crippen LogP contribution is 2.30. The summed E-state index contributed by atoms with van der Waals surface area (Å²) in [6.07, 6.45) is 1.99. The maximum atomic E-state index is 12.2. The van der Waals surface area contributed by atoms with Gasteiger partial charge in [0.15, 0.2) is 0 Å². The number of rotatable bonds is 5. The van der Waals surface area contributed by atoms with Gasteiger partial charge in [0.05, 0.1) is 19.2 Å². The molecule has 0 bridgehead atoms. The van der Waals surface area contributed by atoms with Crippen LogP contribution < -0.4 is 15.4 Å². The van der Waals surface area contributed by atoms with Crippen molar-refractivity contribution in [3.8, 4) is 16.9 Å². The van der Waals surface area contributed by atoms with E-state index in [2.05, 4.69) is 34.9 Å². The number of hydrogen-bond acceptors (Lipinski definition) is 3. The molecule has 4 nitrogen and oxygen atoms in total. The minimum absolute atomic E-state index is 0.00776. The predicted molar refractivity (Wildman–Crippen MR) is 96.0 cm³/mol. The number of ether oxygens (including phenoxy) is 1. The van der Waals surface area contributed by atoms with E-state index in [4.69, 9.17) is 4.74 Å². The molecule has 1 aliphatic rings. The average Bonchev–Trinajstić information content (AvgIpc) is 3.16. The van der Waals surface area contributed by atoms with Crippen molar-refractivity contribution in [3.63, 3.8) is 0 Å². The predicted octanol–water partition coefficient (Wildman–Crippen LogP) is 3.29. The molecule has 4 heteroatoms. The molecule has 24 heavy (non-hydrogen) atoms. The number of para-hydroxylation sites is 1. The molecule has 2 unspecified atom stereocenters. The first kappa shape index (κ1) is 16.5. The lowest BCUT2D eigenvalue weighted by Gasteiger charge is -2.18. The zero-order chi connectivity index (χ0) is 16.9. The van der Waals surface area contributed by atoms with Gasteiger partial charge in [-0.15, -0.1) is 0 Å². The smallest absolute Gasteiger partial charge is 0.237 e. The Morgan fingerprint density at radius 3 is 2.62 bits per heavy atom. The second kappa shape index (κ2) is 7.49. The molecule has 1 fully saturated rings. The van der Waals surface area contributed by atoms with E-state index in [0.717, 1.165) is 41.8 Å². The van der Waals surface area contributed by atoms with Gasteiger partial charge in [-0.2, -0.15) is 0 Å². The first-order chi connectivity index (χ1) is 11.7. The van der Waals surface area contributed by atoms with Gasteiger partial charge in [-0.05, 0) is 43.5 Å². The first-order valence-corrected chi connectivity index (χ1v) is 8.46. The molecule has 0 spiro atoms. The maximum Gasteiger partial charge on any atom is 0.237 e. The van der Waals surface area contributed by atoms with E-state index in [9.17, 15) is 4.79 Å². The minimum Gasteiger partial charge on any atom is -0.496 e. The van der Waals surface area contributed by atoms with Crippen LogP contribution in [0.2, 0.25) is 0 Å². The number of methoxy groups -OCH3 is 1. The largest absolute Gasteiger partial charge is 0.496 e. The lowest BCUT2D eigenvalue weighted by molar-refractivity contribution is -0.123. The summed E-state index contributed by atoms with van der Waals surface area (Å²) in [5, 5.41) is 6.32. The fourth-order valence-corrected chi connectivity index (χ4v) is 3.14. The molecule has 126 valence electrons. The highest BCUT2D eigenvalue weighted by Gasteiger charge is 2.23. The zero-order valence-electron chi connectivity index (χ0n) is 14.2. The lowest BCUT2D eigenvalue weighted by atomic mass is 10.0. The van der Waals surface area contributed by atoms with Gasteiger partial charge in [0.1, 0.15) is 5.75 Å². The van der Waals surface area contributed by atoms with Crippen LogP contribution in [0, 0.1) is 0 Å². The number of benzene rings is 2. The summed E-state index contributed by atoms with van der Waals surface area (Å²) in [5.74, 6) is 0.952. The van der Waals surface area contributed by atoms with Crippen molar-refractivity contribution in [2.45, 2.75) is 31.8 Å². The standard InChI is InChI=1S/C20H24N2O2/c1-14(22-20(23)18-7-5-13-21-18)15-9-11-16(12-10-15)17-6-3-4-8-19(17)24-2/h3-4,6,8-12,14,18,21H,5,7,13H2,1-2H3,(H,22,23). The monoisotopic (exact) mass is 324 g/mol. The molecule has 1 heterocycles. The molecule has 2 aromatic carbocycles. The van der Waals surface area contributed by atoms with Gasteiger partial charge in [0.25, 0.3) is 0 Å². The van der Waals surface area contributed by atoms with Crippen molar-refractivity contribution in [2.24, 2.45) is 0 Å². The second-order valence-corrected chi connectivity index (χ2v) is 6.20. The molecular formula is C20H24N2O2. The molecule has 2 aromatic rings. The van der Waals surface area contributed by atoms with Gasteiger partial charge in [0, 0.05) is 5.56 Å². The summed E-state index contributed by atoms with van der Waals surface area (Å²) in [6, 6.07) is 16.2. The van der Waals surface area contributed by atoms with Crippen LogP contribution >= 0.6 is 0 Å². The molecule has 2 N–H and O–H groups in total. The second-order valence-electron chi connectivity index (χ2n) is 6.20. The van der Waals surface area contributed by atoms with E-state index >= 15 is 0 Å². The van der Waals surface area contributed by atoms with E-state index in [1.165, 1.54) is 0 Å². The van der Waals surface area contributed by atoms with Crippen LogP contribution in [0.15, 0.2) is 48.5 Å². The number of hydrogen-bond donors (Lipinski definition) is 2. The van der Waals surface area contributed by atoms with Crippen LogP contribution in [-0.4, -0.2) is 25.6 Å². The van der Waals surface area contributed by atoms with E-state index in [1.807, 2.05) is 31.2 Å². The number of carbonyl (C=O) groups excluding carboxylic acids is 1. The average molecular weight is 324 g/mol. The summed E-state index contributed by atoms with van der Waals surface area (Å²) in [4.78, 5) is 12.2. The Balaban J connectivity index is 1.70. The van der Waals surface area contributed by atoms with Crippen molar-refractivity contribution in [1.82, 2.24) is 10.6 Å². The maximum absolute atomic E-state index is 12.2. The zero-order valence-corrected chi connectivity index (χ0v) is 14.2. The number of carbonyl (C=O) groups is 1. The minimum atomic E-state index is -0.0414. The summed E-state index contributed by atoms with van der Waals surface area (Å²) in [5.41, 5.74) is 3.27. The van der Waals surface area contributed by atoms with Crippen LogP contribution in [0.1, 0.15) is 31.4 Å². The Morgan fingerprint density at radius 1 is 1.21 bits per heavy atom. The van der Waals surface area contributed by atoms with Gasteiger partial charge in [-0.3, -0.25) is 4.79 Å². The molecule has 0 saturated carbocycles. The van der Waals surface area contributed by atoms with Crippen LogP contribution in [0.5, 0.6) is 5.75 Å². The van der Waals surface area contributed by atoms with Crippen molar-refractivity contribution >= 4 is 5.91 Å². The van der Waals surface area contributed by atoms with Crippen molar-refractivity contribution in [1.29, 1.82) is 0 Å². The van der Waals surface area contributed by atoms with Crippen molar-refractivity contribution in [3.05, 3.63) is 54.1 Å². The third kappa shape index (κ3) is 3.60.